The fraction of sp³-hybridized carbons (Fsp3) is 0.600. The molecule has 122 valence electrons. The summed E-state index contributed by atoms with van der Waals surface area (Å²) in [5.74, 6) is 0.00838. The molecule has 0 unspecified atom stereocenters. The van der Waals surface area contributed by atoms with Crippen molar-refractivity contribution in [1.29, 1.82) is 0 Å². The molecule has 22 heavy (non-hydrogen) atoms. The van der Waals surface area contributed by atoms with Crippen LogP contribution in [-0.2, 0) is 9.59 Å². The number of nitrogens with zero attached hydrogens (tertiary/aromatic N) is 3. The number of hydrogen-bond donors (Lipinski definition) is 1. The van der Waals surface area contributed by atoms with Gasteiger partial charge in [-0.15, -0.1) is 0 Å². The zero-order valence-electron chi connectivity index (χ0n) is 13.9. The van der Waals surface area contributed by atoms with Gasteiger partial charge in [0.1, 0.15) is 0 Å². The first-order valence-electron chi connectivity index (χ1n) is 7.38. The highest BCUT2D eigenvalue weighted by Gasteiger charge is 2.16. The molecule has 1 N–H and O–H groups in total. The maximum Gasteiger partial charge on any atom is 0.239 e. The lowest BCUT2D eigenvalue weighted by molar-refractivity contribution is -0.133. The molecule has 0 saturated carbocycles. The fourth-order valence-electron chi connectivity index (χ4n) is 1.83. The van der Waals surface area contributed by atoms with Crippen molar-refractivity contribution in [3.05, 3.63) is 17.0 Å². The van der Waals surface area contributed by atoms with Crippen molar-refractivity contribution in [2.24, 2.45) is 0 Å². The Morgan fingerprint density at radius 2 is 1.73 bits per heavy atom. The number of rotatable bonds is 7. The SMILES string of the molecule is CCNC(=O)CN(CC)C(=O)CSc1nc(C)c(C)c(C)n1. The summed E-state index contributed by atoms with van der Waals surface area (Å²) in [6.07, 6.45) is 0. The van der Waals surface area contributed by atoms with Gasteiger partial charge in [0.15, 0.2) is 5.16 Å². The molecule has 1 rings (SSSR count). The third-order valence-corrected chi connectivity index (χ3v) is 4.21. The van der Waals surface area contributed by atoms with Gasteiger partial charge >= 0.3 is 0 Å². The standard InChI is InChI=1S/C15H24N4O2S/c1-6-16-13(20)8-19(7-2)14(21)9-22-15-17-11(4)10(3)12(5)18-15/h6-9H2,1-5H3,(H,16,20). The van der Waals surface area contributed by atoms with E-state index < -0.39 is 0 Å². The normalized spacial score (nSPS) is 10.4. The average Bonchev–Trinajstić information content (AvgIpc) is 2.47. The molecule has 0 fully saturated rings. The van der Waals surface area contributed by atoms with Crippen molar-refractivity contribution < 1.29 is 9.59 Å². The number of carbonyl (C=O) groups excluding carboxylic acids is 2. The van der Waals surface area contributed by atoms with Gasteiger partial charge in [0, 0.05) is 24.5 Å². The Kier molecular flexibility index (Phi) is 7.31. The highest BCUT2D eigenvalue weighted by Crippen LogP contribution is 2.17. The Bertz CT molecular complexity index is 525. The van der Waals surface area contributed by atoms with Crippen LogP contribution in [0.4, 0.5) is 0 Å². The van der Waals surface area contributed by atoms with Gasteiger partial charge < -0.3 is 10.2 Å². The van der Waals surface area contributed by atoms with E-state index in [9.17, 15) is 9.59 Å². The first kappa shape index (κ1) is 18.4. The van der Waals surface area contributed by atoms with E-state index in [0.29, 0.717) is 18.2 Å². The number of hydrogen-bond acceptors (Lipinski definition) is 5. The summed E-state index contributed by atoms with van der Waals surface area (Å²) < 4.78 is 0. The lowest BCUT2D eigenvalue weighted by Crippen LogP contribution is -2.41. The molecule has 0 aliphatic heterocycles. The van der Waals surface area contributed by atoms with E-state index in [1.54, 1.807) is 0 Å². The molecule has 7 heteroatoms. The third kappa shape index (κ3) is 5.29. The summed E-state index contributed by atoms with van der Waals surface area (Å²) in [6.45, 7) is 10.7. The Hall–Kier alpha value is -1.63. The van der Waals surface area contributed by atoms with E-state index in [1.807, 2.05) is 34.6 Å². The van der Waals surface area contributed by atoms with Crippen molar-refractivity contribution in [2.75, 3.05) is 25.4 Å². The molecule has 1 aromatic rings. The first-order valence-corrected chi connectivity index (χ1v) is 8.36. The van der Waals surface area contributed by atoms with E-state index in [2.05, 4.69) is 15.3 Å². The smallest absolute Gasteiger partial charge is 0.239 e. The minimum atomic E-state index is -0.138. The Labute approximate surface area is 136 Å². The van der Waals surface area contributed by atoms with Gasteiger partial charge in [0.05, 0.1) is 12.3 Å². The van der Waals surface area contributed by atoms with Crippen LogP contribution in [0.25, 0.3) is 0 Å². The zero-order valence-corrected chi connectivity index (χ0v) is 14.7. The van der Waals surface area contributed by atoms with Gasteiger partial charge in [0.25, 0.3) is 0 Å². The molecule has 6 nitrogen and oxygen atoms in total. The minimum absolute atomic E-state index is 0.0850. The predicted molar refractivity (Wildman–Crippen MR) is 87.9 cm³/mol. The van der Waals surface area contributed by atoms with E-state index >= 15 is 0 Å². The van der Waals surface area contributed by atoms with Gasteiger partial charge in [-0.3, -0.25) is 9.59 Å². The highest BCUT2D eigenvalue weighted by molar-refractivity contribution is 7.99. The zero-order chi connectivity index (χ0) is 16.7. The van der Waals surface area contributed by atoms with Crippen LogP contribution in [0.5, 0.6) is 0 Å². The third-order valence-electron chi connectivity index (χ3n) is 3.38. The van der Waals surface area contributed by atoms with Crippen LogP contribution in [0.1, 0.15) is 30.8 Å². The van der Waals surface area contributed by atoms with E-state index in [-0.39, 0.29) is 24.1 Å². The molecule has 0 saturated heterocycles. The van der Waals surface area contributed by atoms with Crippen LogP contribution < -0.4 is 5.32 Å². The molecule has 0 spiro atoms. The van der Waals surface area contributed by atoms with E-state index in [0.717, 1.165) is 17.0 Å². The number of amides is 2. The number of aromatic nitrogens is 2. The topological polar surface area (TPSA) is 75.2 Å². The second-order valence-corrected chi connectivity index (χ2v) is 5.89. The second kappa shape index (κ2) is 8.73. The van der Waals surface area contributed by atoms with Crippen LogP contribution in [-0.4, -0.2) is 52.1 Å². The average molecular weight is 324 g/mol. The fourth-order valence-corrected chi connectivity index (χ4v) is 2.66. The van der Waals surface area contributed by atoms with E-state index in [1.165, 1.54) is 16.7 Å². The van der Waals surface area contributed by atoms with Gasteiger partial charge in [0.2, 0.25) is 11.8 Å². The molecule has 2 amide bonds. The molecular weight excluding hydrogens is 300 g/mol. The quantitative estimate of drug-likeness (QED) is 0.607. The minimum Gasteiger partial charge on any atom is -0.355 e. The predicted octanol–water partition coefficient (Wildman–Crippen LogP) is 1.48. The van der Waals surface area contributed by atoms with Crippen molar-refractivity contribution in [3.63, 3.8) is 0 Å². The first-order chi connectivity index (χ1) is 10.4. The van der Waals surface area contributed by atoms with Gasteiger partial charge in [-0.1, -0.05) is 11.8 Å². The largest absolute Gasteiger partial charge is 0.355 e. The Morgan fingerprint density at radius 3 is 2.23 bits per heavy atom. The second-order valence-electron chi connectivity index (χ2n) is 4.95. The number of aryl methyl sites for hydroxylation is 2. The number of carbonyl (C=O) groups is 2. The van der Waals surface area contributed by atoms with Crippen LogP contribution in [0, 0.1) is 20.8 Å². The molecule has 0 aliphatic rings. The lowest BCUT2D eigenvalue weighted by atomic mass is 10.2. The number of likely N-dealkylation sites (N-methyl/N-ethyl adjacent to an activating group) is 2. The van der Waals surface area contributed by atoms with Crippen LogP contribution in [0.15, 0.2) is 5.16 Å². The lowest BCUT2D eigenvalue weighted by Gasteiger charge is -2.19. The number of nitrogens with one attached hydrogen (secondary N) is 1. The maximum absolute atomic E-state index is 12.2. The summed E-state index contributed by atoms with van der Waals surface area (Å²) in [5.41, 5.74) is 2.93. The molecular formula is C15H24N4O2S. The van der Waals surface area contributed by atoms with Gasteiger partial charge in [-0.25, -0.2) is 9.97 Å². The van der Waals surface area contributed by atoms with Crippen LogP contribution >= 0.6 is 11.8 Å². The molecule has 0 atom stereocenters. The van der Waals surface area contributed by atoms with Crippen LogP contribution in [0.2, 0.25) is 0 Å². The molecule has 0 aromatic carbocycles. The van der Waals surface area contributed by atoms with Gasteiger partial charge in [-0.2, -0.15) is 0 Å². The number of thioether (sulfide) groups is 1. The summed E-state index contributed by atoms with van der Waals surface area (Å²) in [4.78, 5) is 34.1. The molecule has 0 radical (unpaired) electrons. The van der Waals surface area contributed by atoms with Crippen molar-refractivity contribution >= 4 is 23.6 Å². The molecule has 1 heterocycles. The monoisotopic (exact) mass is 324 g/mol. The summed E-state index contributed by atoms with van der Waals surface area (Å²) >= 11 is 1.30. The molecule has 0 bridgehead atoms. The Balaban J connectivity index is 2.62. The highest BCUT2D eigenvalue weighted by atomic mass is 32.2. The summed E-state index contributed by atoms with van der Waals surface area (Å²) in [7, 11) is 0. The maximum atomic E-state index is 12.2. The van der Waals surface area contributed by atoms with Crippen molar-refractivity contribution in [3.8, 4) is 0 Å². The van der Waals surface area contributed by atoms with Crippen molar-refractivity contribution in [1.82, 2.24) is 20.2 Å². The van der Waals surface area contributed by atoms with Gasteiger partial charge in [-0.05, 0) is 40.2 Å². The molecule has 1 aromatic heterocycles. The van der Waals surface area contributed by atoms with Crippen LogP contribution in [0.3, 0.4) is 0 Å². The summed E-state index contributed by atoms with van der Waals surface area (Å²) in [6, 6.07) is 0. The summed E-state index contributed by atoms with van der Waals surface area (Å²) in [5, 5.41) is 3.30. The Morgan fingerprint density at radius 1 is 1.14 bits per heavy atom. The van der Waals surface area contributed by atoms with E-state index in [4.69, 9.17) is 0 Å². The van der Waals surface area contributed by atoms with Crippen molar-refractivity contribution in [2.45, 2.75) is 39.8 Å². The molecule has 0 aliphatic carbocycles.